The Bertz CT molecular complexity index is 752. The topological polar surface area (TPSA) is 59.9 Å². The van der Waals surface area contributed by atoms with E-state index in [9.17, 15) is 4.79 Å². The first kappa shape index (κ1) is 18.5. The van der Waals surface area contributed by atoms with Gasteiger partial charge in [-0.3, -0.25) is 4.79 Å². The molecule has 25 heavy (non-hydrogen) atoms. The molecule has 0 unspecified atom stereocenters. The lowest BCUT2D eigenvalue weighted by molar-refractivity contribution is -0.120. The number of carbonyl (C=O) groups is 1. The average molecular weight is 340 g/mol. The van der Waals surface area contributed by atoms with Crippen LogP contribution in [0.2, 0.25) is 0 Å². The van der Waals surface area contributed by atoms with E-state index >= 15 is 0 Å². The van der Waals surface area contributed by atoms with Gasteiger partial charge >= 0.3 is 0 Å². The number of ether oxygens (including phenoxy) is 2. The summed E-state index contributed by atoms with van der Waals surface area (Å²) in [5.41, 5.74) is 6.46. The zero-order chi connectivity index (χ0) is 18.2. The van der Waals surface area contributed by atoms with Gasteiger partial charge in [0.25, 0.3) is 0 Å². The lowest BCUT2D eigenvalue weighted by Crippen LogP contribution is -2.21. The highest BCUT2D eigenvalue weighted by Gasteiger charge is 2.08. The van der Waals surface area contributed by atoms with Crippen LogP contribution in [0.4, 0.5) is 0 Å². The normalized spacial score (nSPS) is 11.1. The Hall–Kier alpha value is -2.82. The van der Waals surface area contributed by atoms with E-state index in [4.69, 9.17) is 9.47 Å². The van der Waals surface area contributed by atoms with Gasteiger partial charge in [0.15, 0.2) is 11.5 Å². The molecule has 0 aromatic heterocycles. The van der Waals surface area contributed by atoms with Gasteiger partial charge in [0, 0.05) is 0 Å². The maximum atomic E-state index is 12.1. The summed E-state index contributed by atoms with van der Waals surface area (Å²) in [6, 6.07) is 13.6. The van der Waals surface area contributed by atoms with Gasteiger partial charge in [-0.15, -0.1) is 0 Å². The van der Waals surface area contributed by atoms with E-state index in [1.54, 1.807) is 26.4 Å². The number of nitrogens with one attached hydrogen (secondary N) is 1. The number of hydrogen-bond donors (Lipinski definition) is 1. The molecule has 2 rings (SSSR count). The predicted molar refractivity (Wildman–Crippen MR) is 99.4 cm³/mol. The standard InChI is InChI=1S/C20H24N2O3/c1-5-15-6-9-17(10-7-15)14(2)21-22-20(23)13-16-8-11-18(24-3)19(12-16)25-4/h6-12H,5,13H2,1-4H3,(H,22,23)/b21-14-. The van der Waals surface area contributed by atoms with Gasteiger partial charge in [-0.1, -0.05) is 37.3 Å². The second kappa shape index (κ2) is 8.87. The summed E-state index contributed by atoms with van der Waals surface area (Å²) in [5, 5.41) is 4.18. The third kappa shape index (κ3) is 5.08. The Morgan fingerprint density at radius 2 is 1.64 bits per heavy atom. The minimum atomic E-state index is -0.184. The van der Waals surface area contributed by atoms with Gasteiger partial charge in [0.1, 0.15) is 0 Å². The van der Waals surface area contributed by atoms with Crippen molar-refractivity contribution in [2.75, 3.05) is 14.2 Å². The van der Waals surface area contributed by atoms with Crippen LogP contribution in [0.25, 0.3) is 0 Å². The highest BCUT2D eigenvalue weighted by molar-refractivity contribution is 5.99. The third-order valence-corrected chi connectivity index (χ3v) is 3.94. The number of hydrazone groups is 1. The highest BCUT2D eigenvalue weighted by Crippen LogP contribution is 2.27. The number of rotatable bonds is 7. The fraction of sp³-hybridized carbons (Fsp3) is 0.300. The van der Waals surface area contributed by atoms with Crippen LogP contribution >= 0.6 is 0 Å². The number of benzene rings is 2. The summed E-state index contributed by atoms with van der Waals surface area (Å²) in [5.74, 6) is 1.05. The number of methoxy groups -OCH3 is 2. The van der Waals surface area contributed by atoms with Crippen molar-refractivity contribution in [3.05, 3.63) is 59.2 Å². The van der Waals surface area contributed by atoms with E-state index < -0.39 is 0 Å². The minimum Gasteiger partial charge on any atom is -0.493 e. The molecule has 0 radical (unpaired) electrons. The molecule has 0 aliphatic heterocycles. The summed E-state index contributed by atoms with van der Waals surface area (Å²) in [6.45, 7) is 3.99. The number of amides is 1. The lowest BCUT2D eigenvalue weighted by atomic mass is 10.1. The molecular formula is C20H24N2O3. The molecule has 0 saturated carbocycles. The zero-order valence-electron chi connectivity index (χ0n) is 15.1. The molecule has 2 aromatic carbocycles. The zero-order valence-corrected chi connectivity index (χ0v) is 15.1. The Labute approximate surface area is 148 Å². The van der Waals surface area contributed by atoms with Gasteiger partial charge in [0.05, 0.1) is 26.4 Å². The second-order valence-corrected chi connectivity index (χ2v) is 5.65. The number of hydrogen-bond acceptors (Lipinski definition) is 4. The maximum absolute atomic E-state index is 12.1. The SMILES string of the molecule is CCc1ccc(/C(C)=N\NC(=O)Cc2ccc(OC)c(OC)c2)cc1. The summed E-state index contributed by atoms with van der Waals surface area (Å²) in [4.78, 5) is 12.1. The molecule has 2 aromatic rings. The molecule has 132 valence electrons. The van der Waals surface area contributed by atoms with Crippen LogP contribution in [0.5, 0.6) is 11.5 Å². The minimum absolute atomic E-state index is 0.184. The number of aryl methyl sites for hydroxylation is 1. The molecule has 0 bridgehead atoms. The van der Waals surface area contributed by atoms with Crippen molar-refractivity contribution in [1.29, 1.82) is 0 Å². The maximum Gasteiger partial charge on any atom is 0.244 e. The van der Waals surface area contributed by atoms with Crippen molar-refractivity contribution < 1.29 is 14.3 Å². The van der Waals surface area contributed by atoms with Crippen LogP contribution in [0.15, 0.2) is 47.6 Å². The predicted octanol–water partition coefficient (Wildman–Crippen LogP) is 3.35. The molecule has 0 saturated heterocycles. The quantitative estimate of drug-likeness (QED) is 0.621. The monoisotopic (exact) mass is 340 g/mol. The van der Waals surface area contributed by atoms with Gasteiger partial charge in [-0.25, -0.2) is 5.43 Å². The molecule has 0 aliphatic carbocycles. The molecule has 0 spiro atoms. The van der Waals surface area contributed by atoms with E-state index in [2.05, 4.69) is 29.6 Å². The summed E-state index contributed by atoms with van der Waals surface area (Å²) >= 11 is 0. The highest BCUT2D eigenvalue weighted by atomic mass is 16.5. The molecule has 0 heterocycles. The summed E-state index contributed by atoms with van der Waals surface area (Å²) < 4.78 is 10.4. The van der Waals surface area contributed by atoms with Crippen LogP contribution in [-0.4, -0.2) is 25.8 Å². The first-order valence-electron chi connectivity index (χ1n) is 8.20. The van der Waals surface area contributed by atoms with E-state index in [1.165, 1.54) is 5.56 Å². The molecule has 0 fully saturated rings. The molecule has 5 heteroatoms. The Kier molecular flexibility index (Phi) is 6.57. The fourth-order valence-electron chi connectivity index (χ4n) is 2.41. The van der Waals surface area contributed by atoms with Crippen molar-refractivity contribution in [2.45, 2.75) is 26.7 Å². The Morgan fingerprint density at radius 3 is 2.24 bits per heavy atom. The van der Waals surface area contributed by atoms with Crippen LogP contribution in [0.3, 0.4) is 0 Å². The summed E-state index contributed by atoms with van der Waals surface area (Å²) in [6.07, 6.45) is 1.21. The first-order valence-corrected chi connectivity index (χ1v) is 8.20. The van der Waals surface area contributed by atoms with E-state index in [0.717, 1.165) is 23.3 Å². The van der Waals surface area contributed by atoms with E-state index in [1.807, 2.05) is 25.1 Å². The van der Waals surface area contributed by atoms with Gasteiger partial charge in [-0.05, 0) is 42.2 Å². The van der Waals surface area contributed by atoms with Gasteiger partial charge in [-0.2, -0.15) is 5.10 Å². The number of carbonyl (C=O) groups excluding carboxylic acids is 1. The third-order valence-electron chi connectivity index (χ3n) is 3.94. The van der Waals surface area contributed by atoms with Crippen LogP contribution in [0, 0.1) is 0 Å². The molecule has 0 aliphatic rings. The van der Waals surface area contributed by atoms with Gasteiger partial charge in [0.2, 0.25) is 5.91 Å². The molecule has 1 N–H and O–H groups in total. The van der Waals surface area contributed by atoms with Crippen LogP contribution in [-0.2, 0) is 17.6 Å². The number of nitrogens with zero attached hydrogens (tertiary/aromatic N) is 1. The Balaban J connectivity index is 1.99. The van der Waals surface area contributed by atoms with Crippen molar-refractivity contribution in [1.82, 2.24) is 5.43 Å². The van der Waals surface area contributed by atoms with Crippen LogP contribution in [0.1, 0.15) is 30.5 Å². The van der Waals surface area contributed by atoms with Gasteiger partial charge < -0.3 is 9.47 Å². The largest absolute Gasteiger partial charge is 0.493 e. The Morgan fingerprint density at radius 1 is 1.00 bits per heavy atom. The van der Waals surface area contributed by atoms with Crippen molar-refractivity contribution in [3.8, 4) is 11.5 Å². The second-order valence-electron chi connectivity index (χ2n) is 5.65. The van der Waals surface area contributed by atoms with Crippen molar-refractivity contribution in [2.24, 2.45) is 5.10 Å². The lowest BCUT2D eigenvalue weighted by Gasteiger charge is -2.09. The molecule has 1 amide bonds. The van der Waals surface area contributed by atoms with E-state index in [0.29, 0.717) is 11.5 Å². The fourth-order valence-corrected chi connectivity index (χ4v) is 2.41. The average Bonchev–Trinajstić information content (AvgIpc) is 2.66. The summed E-state index contributed by atoms with van der Waals surface area (Å²) in [7, 11) is 3.15. The van der Waals surface area contributed by atoms with Crippen LogP contribution < -0.4 is 14.9 Å². The molecular weight excluding hydrogens is 316 g/mol. The first-order chi connectivity index (χ1) is 12.1. The molecule has 0 atom stereocenters. The van der Waals surface area contributed by atoms with Crippen molar-refractivity contribution >= 4 is 11.6 Å². The van der Waals surface area contributed by atoms with E-state index in [-0.39, 0.29) is 12.3 Å². The smallest absolute Gasteiger partial charge is 0.244 e. The van der Waals surface area contributed by atoms with Crippen molar-refractivity contribution in [3.63, 3.8) is 0 Å². The molecule has 5 nitrogen and oxygen atoms in total.